The number of ether oxygens (including phenoxy) is 2. The van der Waals surface area contributed by atoms with Gasteiger partial charge in [0.1, 0.15) is 17.6 Å². The fraction of sp³-hybridized carbons (Fsp3) is 0.263. The number of rotatable bonds is 5. The van der Waals surface area contributed by atoms with Gasteiger partial charge in [0.2, 0.25) is 11.8 Å². The summed E-state index contributed by atoms with van der Waals surface area (Å²) in [4.78, 5) is 26.2. The molecule has 0 saturated carbocycles. The van der Waals surface area contributed by atoms with Crippen LogP contribution in [0.25, 0.3) is 0 Å². The molecule has 0 spiro atoms. The van der Waals surface area contributed by atoms with Gasteiger partial charge in [0.15, 0.2) is 11.5 Å². The molecule has 1 heterocycles. The number of nitrogens with zero attached hydrogens (tertiary/aromatic N) is 1. The molecule has 1 fully saturated rings. The Bertz CT molecular complexity index is 888. The van der Waals surface area contributed by atoms with Crippen molar-refractivity contribution < 1.29 is 27.8 Å². The number of amides is 2. The van der Waals surface area contributed by atoms with Gasteiger partial charge in [0, 0.05) is 24.4 Å². The smallest absolute Gasteiger partial charge is 0.239 e. The van der Waals surface area contributed by atoms with Crippen LogP contribution in [0, 0.1) is 17.6 Å². The number of anilines is 2. The van der Waals surface area contributed by atoms with Crippen LogP contribution >= 0.6 is 0 Å². The quantitative estimate of drug-likeness (QED) is 0.815. The molecule has 2 aromatic rings. The lowest BCUT2D eigenvalue weighted by molar-refractivity contribution is -0.129. The SMILES string of the molecule is COc1ccc(NC(=O)C2CCN(c3cc(F)ccc3F)C2=O)cc1OC. The second kappa shape index (κ2) is 7.61. The zero-order chi connectivity index (χ0) is 19.6. The molecular formula is C19H18F2N2O4. The molecule has 1 saturated heterocycles. The number of hydrogen-bond acceptors (Lipinski definition) is 4. The third-order valence-electron chi connectivity index (χ3n) is 4.37. The third kappa shape index (κ3) is 3.69. The van der Waals surface area contributed by atoms with E-state index in [1.54, 1.807) is 18.2 Å². The van der Waals surface area contributed by atoms with E-state index < -0.39 is 29.4 Å². The topological polar surface area (TPSA) is 67.9 Å². The summed E-state index contributed by atoms with van der Waals surface area (Å²) in [5.41, 5.74) is 0.266. The van der Waals surface area contributed by atoms with Gasteiger partial charge in [-0.3, -0.25) is 9.59 Å². The molecular weight excluding hydrogens is 358 g/mol. The Morgan fingerprint density at radius 1 is 1.11 bits per heavy atom. The van der Waals surface area contributed by atoms with Crippen molar-refractivity contribution in [1.29, 1.82) is 0 Å². The highest BCUT2D eigenvalue weighted by Crippen LogP contribution is 2.32. The number of carbonyl (C=O) groups excluding carboxylic acids is 2. The number of hydrogen-bond donors (Lipinski definition) is 1. The molecule has 0 aliphatic carbocycles. The zero-order valence-electron chi connectivity index (χ0n) is 14.8. The van der Waals surface area contributed by atoms with Crippen LogP contribution in [0.1, 0.15) is 6.42 Å². The monoisotopic (exact) mass is 376 g/mol. The molecule has 0 aromatic heterocycles. The minimum absolute atomic E-state index is 0.128. The molecule has 1 unspecified atom stereocenters. The van der Waals surface area contributed by atoms with Crippen molar-refractivity contribution in [2.75, 3.05) is 31.0 Å². The summed E-state index contributed by atoms with van der Waals surface area (Å²) in [7, 11) is 2.96. The van der Waals surface area contributed by atoms with E-state index in [1.807, 2.05) is 0 Å². The van der Waals surface area contributed by atoms with E-state index in [1.165, 1.54) is 14.2 Å². The highest BCUT2D eigenvalue weighted by molar-refractivity contribution is 6.13. The minimum atomic E-state index is -0.985. The maximum absolute atomic E-state index is 13.9. The fourth-order valence-electron chi connectivity index (χ4n) is 3.00. The maximum atomic E-state index is 13.9. The summed E-state index contributed by atoms with van der Waals surface area (Å²) in [6, 6.07) is 7.68. The normalized spacial score (nSPS) is 16.4. The second-order valence-corrected chi connectivity index (χ2v) is 5.99. The average molecular weight is 376 g/mol. The highest BCUT2D eigenvalue weighted by Gasteiger charge is 2.38. The zero-order valence-corrected chi connectivity index (χ0v) is 14.8. The van der Waals surface area contributed by atoms with Crippen LogP contribution in [0.15, 0.2) is 36.4 Å². The molecule has 3 rings (SSSR count). The van der Waals surface area contributed by atoms with Crippen molar-refractivity contribution in [2.24, 2.45) is 5.92 Å². The van der Waals surface area contributed by atoms with E-state index in [9.17, 15) is 18.4 Å². The third-order valence-corrected chi connectivity index (χ3v) is 4.37. The summed E-state index contributed by atoms with van der Waals surface area (Å²) in [6.45, 7) is 0.128. The van der Waals surface area contributed by atoms with Crippen molar-refractivity contribution in [1.82, 2.24) is 0 Å². The Morgan fingerprint density at radius 2 is 1.85 bits per heavy atom. The number of methoxy groups -OCH3 is 2. The lowest BCUT2D eigenvalue weighted by Gasteiger charge is -2.17. The molecule has 2 aromatic carbocycles. The van der Waals surface area contributed by atoms with Crippen molar-refractivity contribution in [3.63, 3.8) is 0 Å². The van der Waals surface area contributed by atoms with Gasteiger partial charge >= 0.3 is 0 Å². The number of halogens is 2. The van der Waals surface area contributed by atoms with Gasteiger partial charge in [-0.1, -0.05) is 0 Å². The first-order chi connectivity index (χ1) is 12.9. The van der Waals surface area contributed by atoms with Gasteiger partial charge < -0.3 is 19.7 Å². The van der Waals surface area contributed by atoms with E-state index >= 15 is 0 Å². The molecule has 27 heavy (non-hydrogen) atoms. The van der Waals surface area contributed by atoms with E-state index in [0.29, 0.717) is 17.2 Å². The lowest BCUT2D eigenvalue weighted by Crippen LogP contribution is -2.33. The van der Waals surface area contributed by atoms with E-state index in [-0.39, 0.29) is 18.7 Å². The van der Waals surface area contributed by atoms with E-state index in [2.05, 4.69) is 5.32 Å². The van der Waals surface area contributed by atoms with Gasteiger partial charge in [-0.2, -0.15) is 0 Å². The molecule has 2 amide bonds. The average Bonchev–Trinajstić information content (AvgIpc) is 3.05. The Balaban J connectivity index is 1.75. The van der Waals surface area contributed by atoms with Crippen LogP contribution in [0.3, 0.4) is 0 Å². The standard InChI is InChI=1S/C19H18F2N2O4/c1-26-16-6-4-12(10-17(16)27-2)22-18(24)13-7-8-23(19(13)25)15-9-11(20)3-5-14(15)21/h3-6,9-10,13H,7-8H2,1-2H3,(H,22,24). The van der Waals surface area contributed by atoms with Gasteiger partial charge in [0.05, 0.1) is 19.9 Å². The Kier molecular flexibility index (Phi) is 5.25. The summed E-state index contributed by atoms with van der Waals surface area (Å²) in [6.07, 6.45) is 0.202. The Labute approximate surface area is 154 Å². The highest BCUT2D eigenvalue weighted by atomic mass is 19.1. The van der Waals surface area contributed by atoms with Crippen LogP contribution in [0.2, 0.25) is 0 Å². The number of carbonyl (C=O) groups is 2. The van der Waals surface area contributed by atoms with Crippen molar-refractivity contribution in [3.8, 4) is 11.5 Å². The molecule has 1 aliphatic rings. The number of benzene rings is 2. The van der Waals surface area contributed by atoms with Crippen molar-refractivity contribution >= 4 is 23.2 Å². The first-order valence-corrected chi connectivity index (χ1v) is 8.24. The molecule has 0 radical (unpaired) electrons. The van der Waals surface area contributed by atoms with E-state index in [4.69, 9.17) is 9.47 Å². The summed E-state index contributed by atoms with van der Waals surface area (Å²) >= 11 is 0. The van der Waals surface area contributed by atoms with Crippen LogP contribution in [0.5, 0.6) is 11.5 Å². The molecule has 1 aliphatic heterocycles. The molecule has 1 atom stereocenters. The molecule has 142 valence electrons. The lowest BCUT2D eigenvalue weighted by atomic mass is 10.1. The predicted molar refractivity (Wildman–Crippen MR) is 95.0 cm³/mol. The Morgan fingerprint density at radius 3 is 2.56 bits per heavy atom. The molecule has 8 heteroatoms. The molecule has 1 N–H and O–H groups in total. The Hall–Kier alpha value is -3.16. The van der Waals surface area contributed by atoms with Gasteiger partial charge in [-0.05, 0) is 30.7 Å². The van der Waals surface area contributed by atoms with Crippen LogP contribution in [-0.4, -0.2) is 32.6 Å². The predicted octanol–water partition coefficient (Wildman–Crippen LogP) is 2.97. The molecule has 6 nitrogen and oxygen atoms in total. The second-order valence-electron chi connectivity index (χ2n) is 5.99. The largest absolute Gasteiger partial charge is 0.493 e. The van der Waals surface area contributed by atoms with E-state index in [0.717, 1.165) is 23.1 Å². The van der Waals surface area contributed by atoms with Crippen molar-refractivity contribution in [3.05, 3.63) is 48.0 Å². The first kappa shape index (κ1) is 18.6. The van der Waals surface area contributed by atoms with Gasteiger partial charge in [0.25, 0.3) is 0 Å². The van der Waals surface area contributed by atoms with Crippen molar-refractivity contribution in [2.45, 2.75) is 6.42 Å². The van der Waals surface area contributed by atoms with Gasteiger partial charge in [-0.15, -0.1) is 0 Å². The number of nitrogens with one attached hydrogen (secondary N) is 1. The maximum Gasteiger partial charge on any atom is 0.239 e. The minimum Gasteiger partial charge on any atom is -0.493 e. The fourth-order valence-corrected chi connectivity index (χ4v) is 3.00. The van der Waals surface area contributed by atoms with Crippen LogP contribution in [-0.2, 0) is 9.59 Å². The summed E-state index contributed by atoms with van der Waals surface area (Å²) in [5.74, 6) is -2.52. The van der Waals surface area contributed by atoms with Crippen LogP contribution < -0.4 is 19.7 Å². The summed E-state index contributed by atoms with van der Waals surface area (Å²) in [5, 5.41) is 2.65. The van der Waals surface area contributed by atoms with Gasteiger partial charge in [-0.25, -0.2) is 8.78 Å². The van der Waals surface area contributed by atoms with Crippen LogP contribution in [0.4, 0.5) is 20.2 Å². The molecule has 0 bridgehead atoms. The first-order valence-electron chi connectivity index (χ1n) is 8.24. The summed E-state index contributed by atoms with van der Waals surface area (Å²) < 4.78 is 37.6.